The molecule has 1 aliphatic rings. The fourth-order valence-electron chi connectivity index (χ4n) is 1.38. The summed E-state index contributed by atoms with van der Waals surface area (Å²) < 4.78 is 0. The quantitative estimate of drug-likeness (QED) is 0.629. The Morgan fingerprint density at radius 1 is 1.64 bits per heavy atom. The van der Waals surface area contributed by atoms with Crippen LogP contribution in [-0.2, 0) is 4.79 Å². The molecular formula is C7H14ClNO2. The number of carbonyl (C=O) groups is 1. The highest BCUT2D eigenvalue weighted by atomic mass is 35.5. The van der Waals surface area contributed by atoms with E-state index in [1.54, 1.807) is 0 Å². The average Bonchev–Trinajstić information content (AvgIpc) is 1.88. The molecule has 0 aromatic carbocycles. The molecule has 0 amide bonds. The van der Waals surface area contributed by atoms with E-state index in [1.807, 2.05) is 6.92 Å². The summed E-state index contributed by atoms with van der Waals surface area (Å²) in [4.78, 5) is 10.5. The van der Waals surface area contributed by atoms with Gasteiger partial charge in [0.2, 0.25) is 0 Å². The summed E-state index contributed by atoms with van der Waals surface area (Å²) in [6.07, 6.45) is 2.13. The van der Waals surface area contributed by atoms with Gasteiger partial charge in [-0.15, -0.1) is 12.4 Å². The van der Waals surface area contributed by atoms with Gasteiger partial charge in [0.15, 0.2) is 0 Å². The molecule has 66 valence electrons. The average molecular weight is 180 g/mol. The molecule has 1 heterocycles. The van der Waals surface area contributed by atoms with Crippen LogP contribution in [0, 0.1) is 5.92 Å². The van der Waals surface area contributed by atoms with E-state index >= 15 is 0 Å². The summed E-state index contributed by atoms with van der Waals surface area (Å²) in [5.41, 5.74) is 0. The number of hydrogen-bond acceptors (Lipinski definition) is 2. The van der Waals surface area contributed by atoms with Gasteiger partial charge in [-0.1, -0.05) is 6.92 Å². The van der Waals surface area contributed by atoms with Gasteiger partial charge in [-0.05, 0) is 25.3 Å². The van der Waals surface area contributed by atoms with Crippen molar-refractivity contribution < 1.29 is 9.90 Å². The topological polar surface area (TPSA) is 49.3 Å². The summed E-state index contributed by atoms with van der Waals surface area (Å²) in [7, 11) is 0. The van der Waals surface area contributed by atoms with Crippen LogP contribution in [0.1, 0.15) is 19.8 Å². The zero-order valence-electron chi connectivity index (χ0n) is 6.54. The molecule has 0 radical (unpaired) electrons. The maximum atomic E-state index is 10.5. The summed E-state index contributed by atoms with van der Waals surface area (Å²) in [5, 5.41) is 11.6. The van der Waals surface area contributed by atoms with Crippen LogP contribution < -0.4 is 5.32 Å². The molecular weight excluding hydrogens is 166 g/mol. The second-order valence-corrected chi connectivity index (χ2v) is 2.89. The third-order valence-electron chi connectivity index (χ3n) is 2.04. The summed E-state index contributed by atoms with van der Waals surface area (Å²) in [6.45, 7) is 2.83. The van der Waals surface area contributed by atoms with Crippen molar-refractivity contribution >= 4 is 18.4 Å². The van der Waals surface area contributed by atoms with E-state index in [1.165, 1.54) is 0 Å². The summed E-state index contributed by atoms with van der Waals surface area (Å²) >= 11 is 0. The maximum absolute atomic E-state index is 10.5. The zero-order valence-corrected chi connectivity index (χ0v) is 7.36. The minimum Gasteiger partial charge on any atom is -0.480 e. The van der Waals surface area contributed by atoms with Crippen LogP contribution in [0.3, 0.4) is 0 Å². The van der Waals surface area contributed by atoms with Crippen LogP contribution in [0.15, 0.2) is 0 Å². The molecule has 2 atom stereocenters. The number of carboxylic acids is 1. The van der Waals surface area contributed by atoms with Gasteiger partial charge in [0.25, 0.3) is 0 Å². The Bertz CT molecular complexity index is 140. The highest BCUT2D eigenvalue weighted by Gasteiger charge is 2.26. The minimum absolute atomic E-state index is 0. The summed E-state index contributed by atoms with van der Waals surface area (Å²) in [5.74, 6) is -0.432. The Balaban J connectivity index is 0.000001000. The number of piperidine rings is 1. The van der Waals surface area contributed by atoms with Crippen LogP contribution >= 0.6 is 12.4 Å². The van der Waals surface area contributed by atoms with Gasteiger partial charge in [-0.25, -0.2) is 0 Å². The molecule has 0 spiro atoms. The Morgan fingerprint density at radius 3 is 2.64 bits per heavy atom. The molecule has 3 nitrogen and oxygen atoms in total. The molecule has 1 fully saturated rings. The largest absolute Gasteiger partial charge is 0.480 e. The molecule has 1 rings (SSSR count). The molecule has 0 bridgehead atoms. The van der Waals surface area contributed by atoms with Crippen molar-refractivity contribution in [3.63, 3.8) is 0 Å². The molecule has 1 saturated heterocycles. The molecule has 2 N–H and O–H groups in total. The lowest BCUT2D eigenvalue weighted by Crippen LogP contribution is -2.45. The number of carboxylic acid groups (broad SMARTS) is 1. The molecule has 0 unspecified atom stereocenters. The highest BCUT2D eigenvalue weighted by Crippen LogP contribution is 2.14. The van der Waals surface area contributed by atoms with Crippen LogP contribution in [0.25, 0.3) is 0 Å². The predicted molar refractivity (Wildman–Crippen MR) is 45.1 cm³/mol. The zero-order chi connectivity index (χ0) is 7.56. The Hall–Kier alpha value is -0.280. The van der Waals surface area contributed by atoms with Gasteiger partial charge in [-0.3, -0.25) is 4.79 Å². The first kappa shape index (κ1) is 10.7. The van der Waals surface area contributed by atoms with E-state index < -0.39 is 5.97 Å². The molecule has 1 aliphatic heterocycles. The SMILES string of the molecule is C[C@H]1CCCN[C@H]1C(=O)O.Cl. The fourth-order valence-corrected chi connectivity index (χ4v) is 1.38. The third-order valence-corrected chi connectivity index (χ3v) is 2.04. The predicted octanol–water partition coefficient (Wildman–Crippen LogP) is 0.881. The van der Waals surface area contributed by atoms with E-state index in [9.17, 15) is 4.79 Å². The maximum Gasteiger partial charge on any atom is 0.320 e. The van der Waals surface area contributed by atoms with Gasteiger partial charge in [0, 0.05) is 0 Å². The fraction of sp³-hybridized carbons (Fsp3) is 0.857. The van der Waals surface area contributed by atoms with Gasteiger partial charge in [-0.2, -0.15) is 0 Å². The summed E-state index contributed by atoms with van der Waals surface area (Å²) in [6, 6.07) is -0.311. The first-order valence-corrected chi connectivity index (χ1v) is 3.68. The Kier molecular flexibility index (Phi) is 4.45. The van der Waals surface area contributed by atoms with Crippen molar-refractivity contribution in [2.75, 3.05) is 6.54 Å². The van der Waals surface area contributed by atoms with Gasteiger partial charge >= 0.3 is 5.97 Å². The van der Waals surface area contributed by atoms with Crippen LogP contribution in [-0.4, -0.2) is 23.7 Å². The minimum atomic E-state index is -0.716. The smallest absolute Gasteiger partial charge is 0.320 e. The number of halogens is 1. The second kappa shape index (κ2) is 4.57. The van der Waals surface area contributed by atoms with E-state index in [-0.39, 0.29) is 24.4 Å². The standard InChI is InChI=1S/C7H13NO2.ClH/c1-5-3-2-4-8-6(5)7(9)10;/h5-6,8H,2-4H2,1H3,(H,9,10);1H/t5-,6+;/m0./s1. The molecule has 4 heteroatoms. The number of aliphatic carboxylic acids is 1. The number of rotatable bonds is 1. The second-order valence-electron chi connectivity index (χ2n) is 2.89. The Labute approximate surface area is 72.6 Å². The normalized spacial score (nSPS) is 30.6. The van der Waals surface area contributed by atoms with Crippen LogP contribution in [0.5, 0.6) is 0 Å². The van der Waals surface area contributed by atoms with Crippen LogP contribution in [0.4, 0.5) is 0 Å². The van der Waals surface area contributed by atoms with Crippen molar-refractivity contribution in [1.82, 2.24) is 5.32 Å². The lowest BCUT2D eigenvalue weighted by molar-refractivity contribution is -0.141. The van der Waals surface area contributed by atoms with Gasteiger partial charge < -0.3 is 10.4 Å². The first-order chi connectivity index (χ1) is 4.72. The molecule has 0 aromatic rings. The Morgan fingerprint density at radius 2 is 2.27 bits per heavy atom. The van der Waals surface area contributed by atoms with Crippen molar-refractivity contribution in [2.45, 2.75) is 25.8 Å². The van der Waals surface area contributed by atoms with Crippen molar-refractivity contribution in [1.29, 1.82) is 0 Å². The molecule has 0 aromatic heterocycles. The highest BCUT2D eigenvalue weighted by molar-refractivity contribution is 5.85. The number of nitrogens with one attached hydrogen (secondary N) is 1. The number of hydrogen-bond donors (Lipinski definition) is 2. The monoisotopic (exact) mass is 179 g/mol. The van der Waals surface area contributed by atoms with E-state index in [4.69, 9.17) is 5.11 Å². The van der Waals surface area contributed by atoms with Gasteiger partial charge in [0.1, 0.15) is 6.04 Å². The lowest BCUT2D eigenvalue weighted by Gasteiger charge is -2.26. The first-order valence-electron chi connectivity index (χ1n) is 3.68. The van der Waals surface area contributed by atoms with E-state index in [0.29, 0.717) is 0 Å². The van der Waals surface area contributed by atoms with Crippen molar-refractivity contribution in [3.8, 4) is 0 Å². The van der Waals surface area contributed by atoms with E-state index in [2.05, 4.69) is 5.32 Å². The third kappa shape index (κ3) is 2.67. The van der Waals surface area contributed by atoms with Crippen molar-refractivity contribution in [2.24, 2.45) is 5.92 Å². The molecule has 0 saturated carbocycles. The molecule has 11 heavy (non-hydrogen) atoms. The van der Waals surface area contributed by atoms with E-state index in [0.717, 1.165) is 19.4 Å². The van der Waals surface area contributed by atoms with Gasteiger partial charge in [0.05, 0.1) is 0 Å². The lowest BCUT2D eigenvalue weighted by atomic mass is 9.93. The molecule has 0 aliphatic carbocycles. The van der Waals surface area contributed by atoms with Crippen LogP contribution in [0.2, 0.25) is 0 Å². The van der Waals surface area contributed by atoms with Crippen molar-refractivity contribution in [3.05, 3.63) is 0 Å².